The zero-order chi connectivity index (χ0) is 28.3. The second-order valence-electron chi connectivity index (χ2n) is 11.1. The number of aromatic nitrogens is 2. The highest BCUT2D eigenvalue weighted by Gasteiger charge is 2.45. The van der Waals surface area contributed by atoms with Gasteiger partial charge in [0.2, 0.25) is 0 Å². The maximum Gasteiger partial charge on any atom is 0.435 e. The number of ketones is 1. The molecule has 1 aliphatic heterocycles. The Morgan fingerprint density at radius 3 is 2.44 bits per heavy atom. The predicted octanol–water partition coefficient (Wildman–Crippen LogP) is 4.49. The molecule has 2 heterocycles. The number of primary amides is 1. The average molecular weight is 546 g/mol. The number of carbonyl (C=O) groups is 3. The molecule has 0 fully saturated rings. The van der Waals surface area contributed by atoms with Gasteiger partial charge in [-0.2, -0.15) is 18.3 Å². The second kappa shape index (κ2) is 9.42. The van der Waals surface area contributed by atoms with Crippen LogP contribution in [0.5, 0.6) is 0 Å². The number of benzene rings is 1. The van der Waals surface area contributed by atoms with Crippen molar-refractivity contribution >= 4 is 23.5 Å². The van der Waals surface area contributed by atoms with Gasteiger partial charge < -0.3 is 20.7 Å². The van der Waals surface area contributed by atoms with Crippen molar-refractivity contribution in [3.8, 4) is 5.69 Å². The van der Waals surface area contributed by atoms with Crippen LogP contribution < -0.4 is 11.1 Å². The lowest BCUT2D eigenvalue weighted by atomic mass is 9.75. The number of ether oxygens (including phenoxy) is 1. The molecule has 0 saturated heterocycles. The number of likely N-dealkylation sites (tertiary alicyclic amines) is 1. The van der Waals surface area contributed by atoms with Gasteiger partial charge in [0.05, 0.1) is 29.1 Å². The van der Waals surface area contributed by atoms with Crippen LogP contribution in [0, 0.1) is 5.41 Å². The maximum absolute atomic E-state index is 13.9. The van der Waals surface area contributed by atoms with E-state index in [2.05, 4.69) is 10.4 Å². The van der Waals surface area contributed by atoms with Crippen LogP contribution in [0.25, 0.3) is 5.69 Å². The topological polar surface area (TPSA) is 120 Å². The molecule has 1 aromatic carbocycles. The highest BCUT2D eigenvalue weighted by molar-refractivity contribution is 6.00. The van der Waals surface area contributed by atoms with Crippen LogP contribution in [0.4, 0.5) is 23.7 Å². The molecule has 0 unspecified atom stereocenters. The molecule has 2 amide bonds. The molecule has 0 radical (unpaired) electrons. The molecule has 39 heavy (non-hydrogen) atoms. The van der Waals surface area contributed by atoms with Crippen molar-refractivity contribution in [1.82, 2.24) is 14.7 Å². The van der Waals surface area contributed by atoms with Gasteiger partial charge in [0.15, 0.2) is 11.5 Å². The summed E-state index contributed by atoms with van der Waals surface area (Å²) in [6.45, 7) is 6.65. The first kappa shape index (κ1) is 26.8. The lowest BCUT2D eigenvalue weighted by Gasteiger charge is -2.29. The first-order chi connectivity index (χ1) is 18.3. The zero-order valence-electron chi connectivity index (χ0n) is 21.9. The highest BCUT2D eigenvalue weighted by atomic mass is 19.4. The van der Waals surface area contributed by atoms with Crippen LogP contribution in [0.2, 0.25) is 0 Å². The monoisotopic (exact) mass is 545 g/mol. The predicted molar refractivity (Wildman–Crippen MR) is 136 cm³/mol. The Bertz CT molecular complexity index is 1390. The smallest absolute Gasteiger partial charge is 0.435 e. The fourth-order valence-corrected chi connectivity index (χ4v) is 5.85. The molecule has 208 valence electrons. The van der Waals surface area contributed by atoms with E-state index in [-0.39, 0.29) is 41.9 Å². The third kappa shape index (κ3) is 4.99. The summed E-state index contributed by atoms with van der Waals surface area (Å²) >= 11 is 0. The van der Waals surface area contributed by atoms with Crippen LogP contribution in [-0.2, 0) is 17.3 Å². The van der Waals surface area contributed by atoms with E-state index in [1.165, 1.54) is 12.1 Å². The van der Waals surface area contributed by atoms with E-state index in [4.69, 9.17) is 10.5 Å². The number of nitrogens with two attached hydrogens (primary N) is 1. The lowest BCUT2D eigenvalue weighted by Crippen LogP contribution is -2.32. The summed E-state index contributed by atoms with van der Waals surface area (Å²) in [5.74, 6) is -1.28. The molecule has 1 aromatic heterocycles. The summed E-state index contributed by atoms with van der Waals surface area (Å²) in [5.41, 5.74) is 6.76. The number of hydrogen-bond acceptors (Lipinski definition) is 6. The number of amides is 2. The Hall–Kier alpha value is -3.83. The molecule has 3 N–H and O–H groups in total. The molecule has 0 atom stereocenters. The van der Waals surface area contributed by atoms with Gasteiger partial charge in [0.1, 0.15) is 0 Å². The number of carbonyl (C=O) groups excluding carboxylic acids is 3. The first-order valence-corrected chi connectivity index (χ1v) is 12.8. The van der Waals surface area contributed by atoms with Crippen LogP contribution in [0.1, 0.15) is 72.1 Å². The number of nitrogens with zero attached hydrogens (tertiary/aromatic N) is 3. The number of alkyl halides is 3. The Kier molecular flexibility index (Phi) is 6.47. The van der Waals surface area contributed by atoms with Gasteiger partial charge in [-0.05, 0) is 60.9 Å². The van der Waals surface area contributed by atoms with E-state index >= 15 is 0 Å². The molecule has 2 aliphatic carbocycles. The minimum absolute atomic E-state index is 0.00483. The molecule has 0 bridgehead atoms. The van der Waals surface area contributed by atoms with Crippen LogP contribution in [0.3, 0.4) is 0 Å². The Labute approximate surface area is 223 Å². The lowest BCUT2D eigenvalue weighted by molar-refractivity contribution is -0.141. The molecule has 2 aromatic rings. The summed E-state index contributed by atoms with van der Waals surface area (Å²) in [6.07, 6.45) is -3.67. The number of anilines is 1. The summed E-state index contributed by atoms with van der Waals surface area (Å²) < 4.78 is 47.9. The Morgan fingerprint density at radius 1 is 1.18 bits per heavy atom. The third-order valence-electron chi connectivity index (χ3n) is 7.46. The molecule has 12 heteroatoms. The van der Waals surface area contributed by atoms with Crippen molar-refractivity contribution in [1.29, 1.82) is 0 Å². The number of Topliss-reactive ketones (excluding diaryl/α,β-unsaturated/α-hetero) is 1. The first-order valence-electron chi connectivity index (χ1n) is 12.8. The second-order valence-corrected chi connectivity index (χ2v) is 11.1. The fraction of sp³-hybridized carbons (Fsp3) is 0.481. The number of fused-ring (bicyclic) bond motifs is 1. The molecule has 0 saturated carbocycles. The van der Waals surface area contributed by atoms with Crippen molar-refractivity contribution in [2.45, 2.75) is 58.7 Å². The summed E-state index contributed by atoms with van der Waals surface area (Å²) in [4.78, 5) is 38.7. The molecule has 3 aliphatic rings. The van der Waals surface area contributed by atoms with Crippen molar-refractivity contribution in [2.75, 3.05) is 25.0 Å². The SMILES string of the molecule is CCOC(=O)N1CC2=C(CC(Nc3cc(-n4nc(C(F)(F)F)c5c4CC(C)(C)CC5=O)ccc3C(N)=O)C2)C1. The Balaban J connectivity index is 1.45. The minimum atomic E-state index is -4.80. The van der Waals surface area contributed by atoms with Gasteiger partial charge in [0.25, 0.3) is 5.91 Å². The molecule has 9 nitrogen and oxygen atoms in total. The van der Waals surface area contributed by atoms with Gasteiger partial charge in [-0.3, -0.25) is 9.59 Å². The zero-order valence-corrected chi connectivity index (χ0v) is 21.9. The Morgan fingerprint density at radius 2 is 1.85 bits per heavy atom. The summed E-state index contributed by atoms with van der Waals surface area (Å²) in [6, 6.07) is 4.39. The molecular formula is C27H30F3N5O4. The molecular weight excluding hydrogens is 515 g/mol. The third-order valence-corrected chi connectivity index (χ3v) is 7.46. The fourth-order valence-electron chi connectivity index (χ4n) is 5.85. The number of nitrogens with one attached hydrogen (secondary N) is 1. The minimum Gasteiger partial charge on any atom is -0.450 e. The van der Waals surface area contributed by atoms with Crippen LogP contribution in [-0.4, -0.2) is 58.2 Å². The standard InChI is InChI=1S/C27H30F3N5O4/c1-4-39-25(38)34-12-14-7-16(8-15(14)13-34)32-19-9-17(5-6-18(19)24(31)37)35-20-10-26(2,3)11-21(36)22(20)23(33-35)27(28,29)30/h5-6,9,16,32H,4,7-8,10-13H2,1-3H3,(H2,31,37). The largest absolute Gasteiger partial charge is 0.450 e. The quantitative estimate of drug-likeness (QED) is 0.535. The van der Waals surface area contributed by atoms with Crippen molar-refractivity contribution in [3.05, 3.63) is 51.9 Å². The normalized spacial score (nSPS) is 18.8. The van der Waals surface area contributed by atoms with Crippen LogP contribution >= 0.6 is 0 Å². The number of rotatable bonds is 5. The van der Waals surface area contributed by atoms with E-state index in [0.717, 1.165) is 15.8 Å². The van der Waals surface area contributed by atoms with Crippen molar-refractivity contribution < 1.29 is 32.3 Å². The van der Waals surface area contributed by atoms with E-state index in [0.29, 0.717) is 38.2 Å². The molecule has 5 rings (SSSR count). The van der Waals surface area contributed by atoms with Gasteiger partial charge in [-0.25, -0.2) is 9.48 Å². The molecule has 0 spiro atoms. The van der Waals surface area contributed by atoms with E-state index < -0.39 is 34.5 Å². The van der Waals surface area contributed by atoms with Gasteiger partial charge >= 0.3 is 12.3 Å². The number of hydrogen-bond donors (Lipinski definition) is 2. The van der Waals surface area contributed by atoms with Gasteiger partial charge in [-0.1, -0.05) is 13.8 Å². The van der Waals surface area contributed by atoms with Gasteiger partial charge in [0, 0.05) is 31.2 Å². The van der Waals surface area contributed by atoms with Crippen molar-refractivity contribution in [3.63, 3.8) is 0 Å². The van der Waals surface area contributed by atoms with E-state index in [9.17, 15) is 27.6 Å². The van der Waals surface area contributed by atoms with Crippen LogP contribution in [0.15, 0.2) is 29.3 Å². The summed E-state index contributed by atoms with van der Waals surface area (Å²) in [5, 5.41) is 7.19. The van der Waals surface area contributed by atoms with E-state index in [1.807, 2.05) is 13.8 Å². The number of halogens is 3. The highest BCUT2D eigenvalue weighted by Crippen LogP contribution is 2.42. The maximum atomic E-state index is 13.9. The van der Waals surface area contributed by atoms with Crippen molar-refractivity contribution in [2.24, 2.45) is 11.1 Å². The summed E-state index contributed by atoms with van der Waals surface area (Å²) in [7, 11) is 0. The van der Waals surface area contributed by atoms with Gasteiger partial charge in [-0.15, -0.1) is 0 Å². The van der Waals surface area contributed by atoms with E-state index in [1.54, 1.807) is 17.9 Å². The average Bonchev–Trinajstić information content (AvgIpc) is 3.49.